The molecule has 3 heteroatoms. The smallest absolute Gasteiger partial charge is 0.0329 e. The molecule has 2 aromatic rings. The average molecular weight is 339 g/mol. The van der Waals surface area contributed by atoms with Crippen LogP contribution in [0.2, 0.25) is 0 Å². The second kappa shape index (κ2) is 6.08. The third-order valence-electron chi connectivity index (χ3n) is 3.84. The van der Waals surface area contributed by atoms with E-state index in [4.69, 9.17) is 0 Å². The van der Waals surface area contributed by atoms with Gasteiger partial charge in [0.15, 0.2) is 0 Å². The molecule has 0 aliphatic heterocycles. The van der Waals surface area contributed by atoms with E-state index in [1.807, 2.05) is 7.05 Å². The fourth-order valence-corrected chi connectivity index (χ4v) is 3.18. The van der Waals surface area contributed by atoms with Crippen LogP contribution in [0.5, 0.6) is 0 Å². The molecule has 0 saturated heterocycles. The van der Waals surface area contributed by atoms with Gasteiger partial charge in [-0.1, -0.05) is 52.3 Å². The van der Waals surface area contributed by atoms with Crippen molar-refractivity contribution >= 4 is 28.3 Å². The number of benzene rings is 2. The highest BCUT2D eigenvalue weighted by Crippen LogP contribution is 2.43. The predicted octanol–water partition coefficient (Wildman–Crippen LogP) is 4.67. The first-order valence-corrected chi connectivity index (χ1v) is 7.10. The summed E-state index contributed by atoms with van der Waals surface area (Å²) in [6, 6.07) is 18.0. The molecular formula is C16H17BrClN. The Morgan fingerprint density at radius 3 is 2.26 bits per heavy atom. The molecule has 3 rings (SSSR count). The zero-order chi connectivity index (χ0) is 12.5. The number of nitrogens with one attached hydrogen (secondary N) is 1. The van der Waals surface area contributed by atoms with Crippen molar-refractivity contribution in [1.82, 2.24) is 5.32 Å². The Kier molecular flexibility index (Phi) is 4.67. The van der Waals surface area contributed by atoms with Gasteiger partial charge >= 0.3 is 0 Å². The van der Waals surface area contributed by atoms with E-state index in [1.165, 1.54) is 16.7 Å². The summed E-state index contributed by atoms with van der Waals surface area (Å²) in [5, 5.41) is 3.42. The van der Waals surface area contributed by atoms with Crippen LogP contribution in [0.15, 0.2) is 53.0 Å². The highest BCUT2D eigenvalue weighted by atomic mass is 79.9. The Bertz CT molecular complexity index is 553. The monoisotopic (exact) mass is 337 g/mol. The van der Waals surface area contributed by atoms with Gasteiger partial charge in [-0.2, -0.15) is 0 Å². The van der Waals surface area contributed by atoms with Crippen LogP contribution in [0.3, 0.4) is 0 Å². The average Bonchev–Trinajstić information content (AvgIpc) is 2.79. The van der Waals surface area contributed by atoms with Gasteiger partial charge in [-0.3, -0.25) is 0 Å². The fourth-order valence-electron chi connectivity index (χ4n) is 2.92. The molecule has 1 N–H and O–H groups in total. The molecule has 2 aromatic carbocycles. The summed E-state index contributed by atoms with van der Waals surface area (Å²) in [5.74, 6) is 0.520. The maximum atomic E-state index is 3.50. The summed E-state index contributed by atoms with van der Waals surface area (Å²) in [4.78, 5) is 0. The second-order valence-electron chi connectivity index (χ2n) is 4.81. The minimum atomic E-state index is 0. The van der Waals surface area contributed by atoms with E-state index >= 15 is 0 Å². The summed E-state index contributed by atoms with van der Waals surface area (Å²) in [6.07, 6.45) is 1.15. The molecule has 0 amide bonds. The molecule has 0 aromatic heterocycles. The SMILES string of the molecule is CNC1CC(c2ccc(Br)cc2)c2ccccc21.Cl. The standard InChI is InChI=1S/C16H16BrN.ClH/c1-18-16-10-15(11-6-8-12(17)9-7-11)13-4-2-3-5-14(13)16;/h2-9,15-16,18H,10H2,1H3;1H. The highest BCUT2D eigenvalue weighted by Gasteiger charge is 2.30. The Morgan fingerprint density at radius 2 is 1.63 bits per heavy atom. The van der Waals surface area contributed by atoms with Crippen LogP contribution in [-0.2, 0) is 0 Å². The number of halogens is 2. The van der Waals surface area contributed by atoms with Crippen molar-refractivity contribution in [3.63, 3.8) is 0 Å². The van der Waals surface area contributed by atoms with Crippen LogP contribution in [0, 0.1) is 0 Å². The van der Waals surface area contributed by atoms with Crippen LogP contribution < -0.4 is 5.32 Å². The third kappa shape index (κ3) is 2.71. The van der Waals surface area contributed by atoms with Crippen molar-refractivity contribution in [3.8, 4) is 0 Å². The molecule has 1 aliphatic carbocycles. The van der Waals surface area contributed by atoms with E-state index in [9.17, 15) is 0 Å². The zero-order valence-corrected chi connectivity index (χ0v) is 13.2. The van der Waals surface area contributed by atoms with Crippen molar-refractivity contribution in [2.24, 2.45) is 0 Å². The molecule has 2 unspecified atom stereocenters. The largest absolute Gasteiger partial charge is 0.313 e. The summed E-state index contributed by atoms with van der Waals surface area (Å²) < 4.78 is 1.14. The maximum absolute atomic E-state index is 3.50. The van der Waals surface area contributed by atoms with E-state index in [-0.39, 0.29) is 12.4 Å². The van der Waals surface area contributed by atoms with Crippen LogP contribution >= 0.6 is 28.3 Å². The first-order chi connectivity index (χ1) is 8.79. The molecule has 0 spiro atoms. The molecule has 0 fully saturated rings. The van der Waals surface area contributed by atoms with Gasteiger partial charge in [0.25, 0.3) is 0 Å². The first-order valence-electron chi connectivity index (χ1n) is 6.31. The van der Waals surface area contributed by atoms with E-state index in [2.05, 4.69) is 69.8 Å². The van der Waals surface area contributed by atoms with Crippen molar-refractivity contribution in [1.29, 1.82) is 0 Å². The quantitative estimate of drug-likeness (QED) is 0.839. The minimum Gasteiger partial charge on any atom is -0.313 e. The summed E-state index contributed by atoms with van der Waals surface area (Å²) in [7, 11) is 2.05. The van der Waals surface area contributed by atoms with Gasteiger partial charge < -0.3 is 5.32 Å². The fraction of sp³-hybridized carbons (Fsp3) is 0.250. The number of hydrogen-bond acceptors (Lipinski definition) is 1. The summed E-state index contributed by atoms with van der Waals surface area (Å²) in [6.45, 7) is 0. The van der Waals surface area contributed by atoms with Crippen LogP contribution in [-0.4, -0.2) is 7.05 Å². The molecule has 19 heavy (non-hydrogen) atoms. The topological polar surface area (TPSA) is 12.0 Å². The van der Waals surface area contributed by atoms with Crippen LogP contribution in [0.4, 0.5) is 0 Å². The third-order valence-corrected chi connectivity index (χ3v) is 4.37. The van der Waals surface area contributed by atoms with Gasteiger partial charge in [0.1, 0.15) is 0 Å². The van der Waals surface area contributed by atoms with E-state index in [1.54, 1.807) is 0 Å². The Morgan fingerprint density at radius 1 is 1.00 bits per heavy atom. The molecule has 0 saturated carbocycles. The Hall–Kier alpha value is -0.830. The normalized spacial score (nSPS) is 20.7. The summed E-state index contributed by atoms with van der Waals surface area (Å²) in [5.41, 5.74) is 4.33. The predicted molar refractivity (Wildman–Crippen MR) is 86.1 cm³/mol. The molecule has 100 valence electrons. The highest BCUT2D eigenvalue weighted by molar-refractivity contribution is 9.10. The molecular weight excluding hydrogens is 322 g/mol. The van der Waals surface area contributed by atoms with E-state index in [0.717, 1.165) is 10.9 Å². The molecule has 1 aliphatic rings. The van der Waals surface area contributed by atoms with Crippen molar-refractivity contribution in [2.45, 2.75) is 18.4 Å². The molecule has 0 heterocycles. The lowest BCUT2D eigenvalue weighted by Crippen LogP contribution is -2.13. The molecule has 0 bridgehead atoms. The Labute approximate surface area is 129 Å². The summed E-state index contributed by atoms with van der Waals surface area (Å²) >= 11 is 3.50. The maximum Gasteiger partial charge on any atom is 0.0329 e. The lowest BCUT2D eigenvalue weighted by Gasteiger charge is -2.12. The van der Waals surface area contributed by atoms with Crippen molar-refractivity contribution in [3.05, 3.63) is 69.7 Å². The number of hydrogen-bond donors (Lipinski definition) is 1. The number of rotatable bonds is 2. The van der Waals surface area contributed by atoms with Crippen molar-refractivity contribution in [2.75, 3.05) is 7.05 Å². The van der Waals surface area contributed by atoms with Gasteiger partial charge in [0.2, 0.25) is 0 Å². The van der Waals surface area contributed by atoms with E-state index in [0.29, 0.717) is 12.0 Å². The molecule has 2 atom stereocenters. The lowest BCUT2D eigenvalue weighted by molar-refractivity contribution is 0.564. The van der Waals surface area contributed by atoms with Gasteiger partial charge in [-0.15, -0.1) is 12.4 Å². The van der Waals surface area contributed by atoms with Gasteiger partial charge in [-0.25, -0.2) is 0 Å². The van der Waals surface area contributed by atoms with E-state index < -0.39 is 0 Å². The van der Waals surface area contributed by atoms with Gasteiger partial charge in [0.05, 0.1) is 0 Å². The van der Waals surface area contributed by atoms with Crippen LogP contribution in [0.25, 0.3) is 0 Å². The Balaban J connectivity index is 0.00000133. The zero-order valence-electron chi connectivity index (χ0n) is 10.8. The minimum absolute atomic E-state index is 0. The van der Waals surface area contributed by atoms with Gasteiger partial charge in [0, 0.05) is 16.4 Å². The first kappa shape index (κ1) is 14.6. The lowest BCUT2D eigenvalue weighted by atomic mass is 9.93. The van der Waals surface area contributed by atoms with Crippen molar-refractivity contribution < 1.29 is 0 Å². The second-order valence-corrected chi connectivity index (χ2v) is 5.73. The van der Waals surface area contributed by atoms with Crippen LogP contribution in [0.1, 0.15) is 35.1 Å². The van der Waals surface area contributed by atoms with Gasteiger partial charge in [-0.05, 0) is 42.3 Å². The number of fused-ring (bicyclic) bond motifs is 1. The molecule has 1 nitrogen and oxygen atoms in total. The molecule has 0 radical (unpaired) electrons.